The van der Waals surface area contributed by atoms with Crippen LogP contribution >= 0.6 is 27.5 Å². The SMILES string of the molecule is OC1CCCC1C1CCCN1Cc1ccc(Br)cc1Cl. The lowest BCUT2D eigenvalue weighted by Gasteiger charge is -2.31. The summed E-state index contributed by atoms with van der Waals surface area (Å²) in [6.45, 7) is 2.03. The quantitative estimate of drug-likeness (QED) is 0.874. The van der Waals surface area contributed by atoms with Crippen LogP contribution in [-0.2, 0) is 6.54 Å². The Morgan fingerprint density at radius 2 is 2.10 bits per heavy atom. The van der Waals surface area contributed by atoms with Crippen molar-refractivity contribution in [1.29, 1.82) is 0 Å². The van der Waals surface area contributed by atoms with Gasteiger partial charge in [-0.25, -0.2) is 0 Å². The molecule has 20 heavy (non-hydrogen) atoms. The van der Waals surface area contributed by atoms with Crippen molar-refractivity contribution in [1.82, 2.24) is 4.90 Å². The monoisotopic (exact) mass is 357 g/mol. The minimum Gasteiger partial charge on any atom is -0.393 e. The average molecular weight is 359 g/mol. The van der Waals surface area contributed by atoms with E-state index in [0.717, 1.165) is 29.0 Å². The lowest BCUT2D eigenvalue weighted by atomic mass is 9.94. The molecule has 4 heteroatoms. The number of hydrogen-bond acceptors (Lipinski definition) is 2. The average Bonchev–Trinajstić information content (AvgIpc) is 3.01. The molecule has 1 N–H and O–H groups in total. The first-order valence-corrected chi connectivity index (χ1v) is 8.68. The predicted octanol–water partition coefficient (Wildman–Crippen LogP) is 4.23. The predicted molar refractivity (Wildman–Crippen MR) is 85.9 cm³/mol. The van der Waals surface area contributed by atoms with Crippen LogP contribution in [0.1, 0.15) is 37.7 Å². The molecule has 0 aromatic heterocycles. The van der Waals surface area contributed by atoms with Gasteiger partial charge in [0, 0.05) is 28.0 Å². The highest BCUT2D eigenvalue weighted by atomic mass is 79.9. The number of benzene rings is 1. The maximum Gasteiger partial charge on any atom is 0.0583 e. The van der Waals surface area contributed by atoms with E-state index in [4.69, 9.17) is 11.6 Å². The first kappa shape index (κ1) is 14.8. The van der Waals surface area contributed by atoms with Gasteiger partial charge in [-0.05, 0) is 49.9 Å². The molecular formula is C16H21BrClNO. The first-order valence-electron chi connectivity index (χ1n) is 7.51. The van der Waals surface area contributed by atoms with Crippen LogP contribution in [0.15, 0.2) is 22.7 Å². The molecule has 3 atom stereocenters. The van der Waals surface area contributed by atoms with Crippen LogP contribution in [-0.4, -0.2) is 28.7 Å². The van der Waals surface area contributed by atoms with Gasteiger partial charge < -0.3 is 5.11 Å². The van der Waals surface area contributed by atoms with Crippen LogP contribution in [0.2, 0.25) is 5.02 Å². The van der Waals surface area contributed by atoms with Crippen LogP contribution in [0, 0.1) is 5.92 Å². The van der Waals surface area contributed by atoms with Gasteiger partial charge in [-0.1, -0.05) is 40.0 Å². The number of nitrogens with zero attached hydrogens (tertiary/aromatic N) is 1. The smallest absolute Gasteiger partial charge is 0.0583 e. The Balaban J connectivity index is 1.72. The Kier molecular flexibility index (Phi) is 4.71. The van der Waals surface area contributed by atoms with Gasteiger partial charge in [0.25, 0.3) is 0 Å². The van der Waals surface area contributed by atoms with E-state index < -0.39 is 0 Å². The number of likely N-dealkylation sites (tertiary alicyclic amines) is 1. The van der Waals surface area contributed by atoms with E-state index in [9.17, 15) is 5.11 Å². The summed E-state index contributed by atoms with van der Waals surface area (Å²) in [5.41, 5.74) is 1.19. The summed E-state index contributed by atoms with van der Waals surface area (Å²) in [7, 11) is 0. The molecular weight excluding hydrogens is 338 g/mol. The van der Waals surface area contributed by atoms with Crippen molar-refractivity contribution in [3.05, 3.63) is 33.3 Å². The fourth-order valence-electron chi connectivity index (χ4n) is 3.82. The van der Waals surface area contributed by atoms with Crippen LogP contribution in [0.5, 0.6) is 0 Å². The second-order valence-corrected chi connectivity index (χ2v) is 7.40. The lowest BCUT2D eigenvalue weighted by molar-refractivity contribution is 0.0719. The highest BCUT2D eigenvalue weighted by Crippen LogP contribution is 2.37. The number of hydrogen-bond donors (Lipinski definition) is 1. The Hall–Kier alpha value is -0.0900. The zero-order valence-electron chi connectivity index (χ0n) is 11.6. The van der Waals surface area contributed by atoms with Gasteiger partial charge >= 0.3 is 0 Å². The molecule has 1 saturated carbocycles. The van der Waals surface area contributed by atoms with Crippen molar-refractivity contribution >= 4 is 27.5 Å². The molecule has 110 valence electrons. The van der Waals surface area contributed by atoms with Crippen molar-refractivity contribution in [2.75, 3.05) is 6.54 Å². The molecule has 1 aliphatic carbocycles. The normalized spacial score (nSPS) is 31.1. The van der Waals surface area contributed by atoms with E-state index in [1.165, 1.54) is 31.2 Å². The third-order valence-electron chi connectivity index (χ3n) is 4.83. The molecule has 0 bridgehead atoms. The van der Waals surface area contributed by atoms with E-state index >= 15 is 0 Å². The zero-order chi connectivity index (χ0) is 14.1. The standard InChI is InChI=1S/C16H21BrClNO/c17-12-7-6-11(14(18)9-12)10-19-8-2-4-15(19)13-3-1-5-16(13)20/h6-7,9,13,15-16,20H,1-5,8,10H2. The van der Waals surface area contributed by atoms with Crippen LogP contribution in [0.3, 0.4) is 0 Å². The van der Waals surface area contributed by atoms with E-state index in [0.29, 0.717) is 12.0 Å². The Morgan fingerprint density at radius 1 is 1.25 bits per heavy atom. The first-order chi connectivity index (χ1) is 9.65. The second kappa shape index (κ2) is 6.35. The number of aliphatic hydroxyl groups is 1. The summed E-state index contributed by atoms with van der Waals surface area (Å²) in [4.78, 5) is 2.52. The van der Waals surface area contributed by atoms with E-state index in [1.807, 2.05) is 6.07 Å². The number of rotatable bonds is 3. The van der Waals surface area contributed by atoms with E-state index in [1.54, 1.807) is 0 Å². The summed E-state index contributed by atoms with van der Waals surface area (Å²) in [5.74, 6) is 0.465. The highest BCUT2D eigenvalue weighted by Gasteiger charge is 2.38. The van der Waals surface area contributed by atoms with Crippen molar-refractivity contribution in [3.63, 3.8) is 0 Å². The molecule has 2 aliphatic rings. The number of halogens is 2. The third kappa shape index (κ3) is 3.06. The van der Waals surface area contributed by atoms with Crippen molar-refractivity contribution in [3.8, 4) is 0 Å². The largest absolute Gasteiger partial charge is 0.393 e. The molecule has 0 radical (unpaired) electrons. The van der Waals surface area contributed by atoms with Crippen molar-refractivity contribution in [2.45, 2.75) is 50.8 Å². The zero-order valence-corrected chi connectivity index (χ0v) is 13.9. The summed E-state index contributed by atoms with van der Waals surface area (Å²) in [6, 6.07) is 6.66. The maximum atomic E-state index is 10.2. The molecule has 0 spiro atoms. The summed E-state index contributed by atoms with van der Waals surface area (Å²) < 4.78 is 1.02. The third-order valence-corrected chi connectivity index (χ3v) is 5.67. The molecule has 3 unspecified atom stereocenters. The fraction of sp³-hybridized carbons (Fsp3) is 0.625. The van der Waals surface area contributed by atoms with Gasteiger partial charge in [0.05, 0.1) is 6.10 Å². The van der Waals surface area contributed by atoms with E-state index in [2.05, 4.69) is 33.0 Å². The molecule has 1 saturated heterocycles. The highest BCUT2D eigenvalue weighted by molar-refractivity contribution is 9.10. The summed E-state index contributed by atoms with van der Waals surface area (Å²) in [6.07, 6.45) is 5.69. The summed E-state index contributed by atoms with van der Waals surface area (Å²) >= 11 is 9.79. The van der Waals surface area contributed by atoms with Crippen molar-refractivity contribution in [2.24, 2.45) is 5.92 Å². The molecule has 1 aliphatic heterocycles. The van der Waals surface area contributed by atoms with Gasteiger partial charge in [0.1, 0.15) is 0 Å². The molecule has 3 rings (SSSR count). The van der Waals surface area contributed by atoms with Crippen LogP contribution in [0.25, 0.3) is 0 Å². The van der Waals surface area contributed by atoms with Crippen LogP contribution in [0.4, 0.5) is 0 Å². The molecule has 0 amide bonds. The molecule has 1 aromatic rings. The summed E-state index contributed by atoms with van der Waals surface area (Å²) in [5, 5.41) is 11.0. The van der Waals surface area contributed by atoms with Crippen molar-refractivity contribution < 1.29 is 5.11 Å². The topological polar surface area (TPSA) is 23.5 Å². The van der Waals surface area contributed by atoms with Gasteiger partial charge in [-0.3, -0.25) is 4.90 Å². The van der Waals surface area contributed by atoms with Gasteiger partial charge in [0.15, 0.2) is 0 Å². The minimum atomic E-state index is -0.0963. The number of aliphatic hydroxyl groups excluding tert-OH is 1. The Labute approximate surface area is 134 Å². The van der Waals surface area contributed by atoms with Gasteiger partial charge in [-0.2, -0.15) is 0 Å². The second-order valence-electron chi connectivity index (χ2n) is 6.08. The molecule has 2 nitrogen and oxygen atoms in total. The minimum absolute atomic E-state index is 0.0963. The van der Waals surface area contributed by atoms with Gasteiger partial charge in [0.2, 0.25) is 0 Å². The Morgan fingerprint density at radius 3 is 2.80 bits per heavy atom. The molecule has 1 heterocycles. The van der Waals surface area contributed by atoms with Crippen LogP contribution < -0.4 is 0 Å². The lowest BCUT2D eigenvalue weighted by Crippen LogP contribution is -2.38. The van der Waals surface area contributed by atoms with Gasteiger partial charge in [-0.15, -0.1) is 0 Å². The Bertz CT molecular complexity index is 482. The van der Waals surface area contributed by atoms with E-state index in [-0.39, 0.29) is 6.10 Å². The molecule has 2 fully saturated rings. The maximum absolute atomic E-state index is 10.2. The molecule has 1 aromatic carbocycles. The fourth-order valence-corrected chi connectivity index (χ4v) is 4.55.